The van der Waals surface area contributed by atoms with Gasteiger partial charge in [-0.05, 0) is 73.9 Å². The average Bonchev–Trinajstić information content (AvgIpc) is 3.01. The number of carbonyl (C=O) groups is 1. The van der Waals surface area contributed by atoms with Crippen LogP contribution in [0, 0.1) is 5.82 Å². The van der Waals surface area contributed by atoms with E-state index in [1.807, 2.05) is 0 Å². The predicted octanol–water partition coefficient (Wildman–Crippen LogP) is 2.96. The molecule has 0 radical (unpaired) electrons. The molecular weight excluding hydrogens is 351 g/mol. The van der Waals surface area contributed by atoms with Crippen LogP contribution in [-0.2, 0) is 4.79 Å². The van der Waals surface area contributed by atoms with Crippen LogP contribution in [0.25, 0.3) is 0 Å². The third kappa shape index (κ3) is 4.68. The van der Waals surface area contributed by atoms with Crippen LogP contribution in [0.15, 0.2) is 22.7 Å². The number of hydrogen-bond acceptors (Lipinski definition) is 3. The van der Waals surface area contributed by atoms with Gasteiger partial charge < -0.3 is 10.1 Å². The van der Waals surface area contributed by atoms with Crippen LogP contribution >= 0.6 is 15.9 Å². The van der Waals surface area contributed by atoms with Gasteiger partial charge in [0, 0.05) is 12.6 Å². The van der Waals surface area contributed by atoms with Gasteiger partial charge in [-0.15, -0.1) is 0 Å². The van der Waals surface area contributed by atoms with Crippen LogP contribution in [0.1, 0.15) is 26.7 Å². The monoisotopic (exact) mass is 372 g/mol. The number of carbonyl (C=O) groups excluding carboxylic acids is 1. The lowest BCUT2D eigenvalue weighted by Gasteiger charge is -2.24. The van der Waals surface area contributed by atoms with Gasteiger partial charge >= 0.3 is 0 Å². The van der Waals surface area contributed by atoms with Gasteiger partial charge in [-0.2, -0.15) is 0 Å². The minimum absolute atomic E-state index is 0.165. The van der Waals surface area contributed by atoms with E-state index in [4.69, 9.17) is 4.74 Å². The Balaban J connectivity index is 1.81. The lowest BCUT2D eigenvalue weighted by Crippen LogP contribution is -2.44. The average molecular weight is 373 g/mol. The van der Waals surface area contributed by atoms with E-state index in [2.05, 4.69) is 33.1 Å². The van der Waals surface area contributed by atoms with Gasteiger partial charge in [0.25, 0.3) is 5.91 Å². The number of rotatable bonds is 6. The van der Waals surface area contributed by atoms with Crippen LogP contribution in [-0.4, -0.2) is 42.6 Å². The zero-order valence-electron chi connectivity index (χ0n) is 12.9. The Labute approximate surface area is 139 Å². The molecule has 6 heteroatoms. The summed E-state index contributed by atoms with van der Waals surface area (Å²) < 4.78 is 19.1. The van der Waals surface area contributed by atoms with Crippen LogP contribution in [0.2, 0.25) is 0 Å². The van der Waals surface area contributed by atoms with E-state index in [9.17, 15) is 9.18 Å². The summed E-state index contributed by atoms with van der Waals surface area (Å²) >= 11 is 3.23. The molecule has 122 valence electrons. The molecule has 0 saturated carbocycles. The normalized spacial score (nSPS) is 18.0. The number of benzene rings is 1. The molecule has 1 saturated heterocycles. The Bertz CT molecular complexity index is 521. The molecule has 2 rings (SSSR count). The Morgan fingerprint density at radius 3 is 2.73 bits per heavy atom. The summed E-state index contributed by atoms with van der Waals surface area (Å²) in [5, 5.41) is 2.92. The summed E-state index contributed by atoms with van der Waals surface area (Å²) in [5.41, 5.74) is 0. The van der Waals surface area contributed by atoms with E-state index in [1.54, 1.807) is 6.92 Å². The van der Waals surface area contributed by atoms with Crippen molar-refractivity contribution in [2.75, 3.05) is 19.6 Å². The molecule has 1 amide bonds. The fourth-order valence-corrected chi connectivity index (χ4v) is 2.96. The summed E-state index contributed by atoms with van der Waals surface area (Å²) in [6.07, 6.45) is 1.83. The largest absolute Gasteiger partial charge is 0.480 e. The van der Waals surface area contributed by atoms with E-state index in [0.717, 1.165) is 13.1 Å². The first-order valence-electron chi connectivity index (χ1n) is 7.61. The first-order valence-corrected chi connectivity index (χ1v) is 8.40. The van der Waals surface area contributed by atoms with E-state index in [1.165, 1.54) is 31.0 Å². The maximum Gasteiger partial charge on any atom is 0.260 e. The molecule has 1 aromatic carbocycles. The van der Waals surface area contributed by atoms with Crippen LogP contribution < -0.4 is 10.1 Å². The molecule has 0 spiro atoms. The van der Waals surface area contributed by atoms with Crippen LogP contribution in [0.5, 0.6) is 5.75 Å². The second kappa shape index (κ2) is 7.92. The molecule has 0 aromatic heterocycles. The van der Waals surface area contributed by atoms with Gasteiger partial charge in [0.2, 0.25) is 0 Å². The SMILES string of the molecule is C[C@H](CNC(=O)[C@@H](C)Oc1ccc(F)cc1Br)N1CCCC1. The van der Waals surface area contributed by atoms with Crippen LogP contribution in [0.4, 0.5) is 4.39 Å². The minimum atomic E-state index is -0.632. The lowest BCUT2D eigenvalue weighted by molar-refractivity contribution is -0.127. The molecule has 1 aromatic rings. The fraction of sp³-hybridized carbons (Fsp3) is 0.562. The van der Waals surface area contributed by atoms with Gasteiger partial charge in [0.05, 0.1) is 4.47 Å². The van der Waals surface area contributed by atoms with Gasteiger partial charge in [-0.3, -0.25) is 9.69 Å². The molecule has 0 bridgehead atoms. The van der Waals surface area contributed by atoms with Gasteiger partial charge in [0.1, 0.15) is 11.6 Å². The Morgan fingerprint density at radius 1 is 1.41 bits per heavy atom. The van der Waals surface area contributed by atoms with Crippen molar-refractivity contribution in [2.24, 2.45) is 0 Å². The second-order valence-corrected chi connectivity index (χ2v) is 6.53. The molecule has 1 heterocycles. The van der Waals surface area contributed by atoms with Crippen molar-refractivity contribution in [1.82, 2.24) is 10.2 Å². The molecule has 1 aliphatic heterocycles. The molecule has 4 nitrogen and oxygen atoms in total. The predicted molar refractivity (Wildman–Crippen MR) is 87.5 cm³/mol. The third-order valence-corrected chi connectivity index (χ3v) is 4.52. The molecular formula is C16H22BrFN2O2. The highest BCUT2D eigenvalue weighted by atomic mass is 79.9. The number of amides is 1. The van der Waals surface area contributed by atoms with E-state index < -0.39 is 6.10 Å². The number of nitrogens with one attached hydrogen (secondary N) is 1. The van der Waals surface area contributed by atoms with Crippen LogP contribution in [0.3, 0.4) is 0 Å². The highest BCUT2D eigenvalue weighted by Gasteiger charge is 2.21. The van der Waals surface area contributed by atoms with E-state index >= 15 is 0 Å². The first kappa shape index (κ1) is 17.2. The fourth-order valence-electron chi connectivity index (χ4n) is 2.52. The second-order valence-electron chi connectivity index (χ2n) is 5.67. The van der Waals surface area contributed by atoms with Gasteiger partial charge in [-0.1, -0.05) is 0 Å². The van der Waals surface area contributed by atoms with Crippen molar-refractivity contribution in [3.05, 3.63) is 28.5 Å². The van der Waals surface area contributed by atoms with E-state index in [-0.39, 0.29) is 11.7 Å². The number of halogens is 2. The maximum atomic E-state index is 13.0. The number of likely N-dealkylation sites (tertiary alicyclic amines) is 1. The van der Waals surface area contributed by atoms with Crippen molar-refractivity contribution in [1.29, 1.82) is 0 Å². The summed E-state index contributed by atoms with van der Waals surface area (Å²) in [5.74, 6) is -0.0605. The summed E-state index contributed by atoms with van der Waals surface area (Å²) in [6, 6.07) is 4.46. The molecule has 0 unspecified atom stereocenters. The van der Waals surface area contributed by atoms with Crippen molar-refractivity contribution >= 4 is 21.8 Å². The zero-order chi connectivity index (χ0) is 16.1. The summed E-state index contributed by atoms with van der Waals surface area (Å²) in [6.45, 7) is 6.62. The quantitative estimate of drug-likeness (QED) is 0.834. The number of nitrogens with zero attached hydrogens (tertiary/aromatic N) is 1. The Hall–Kier alpha value is -1.14. The molecule has 22 heavy (non-hydrogen) atoms. The molecule has 1 fully saturated rings. The van der Waals surface area contributed by atoms with Crippen molar-refractivity contribution in [3.8, 4) is 5.75 Å². The topological polar surface area (TPSA) is 41.6 Å². The maximum absolute atomic E-state index is 13.0. The Kier molecular flexibility index (Phi) is 6.20. The molecule has 1 aliphatic rings. The van der Waals surface area contributed by atoms with Crippen molar-refractivity contribution in [2.45, 2.75) is 38.8 Å². The molecule has 0 aliphatic carbocycles. The van der Waals surface area contributed by atoms with Gasteiger partial charge in [0.15, 0.2) is 6.10 Å². The molecule has 1 N–H and O–H groups in total. The smallest absolute Gasteiger partial charge is 0.260 e. The zero-order valence-corrected chi connectivity index (χ0v) is 14.5. The number of ether oxygens (including phenoxy) is 1. The molecule has 2 atom stereocenters. The summed E-state index contributed by atoms with van der Waals surface area (Å²) in [7, 11) is 0. The van der Waals surface area contributed by atoms with Crippen molar-refractivity contribution in [3.63, 3.8) is 0 Å². The van der Waals surface area contributed by atoms with Crippen molar-refractivity contribution < 1.29 is 13.9 Å². The third-order valence-electron chi connectivity index (χ3n) is 3.90. The lowest BCUT2D eigenvalue weighted by atomic mass is 10.2. The first-order chi connectivity index (χ1) is 10.5. The van der Waals surface area contributed by atoms with E-state index in [0.29, 0.717) is 22.8 Å². The standard InChI is InChI=1S/C16H22BrFN2O2/c1-11(20-7-3-4-8-20)10-19-16(21)12(2)22-15-6-5-13(18)9-14(15)17/h5-6,9,11-12H,3-4,7-8,10H2,1-2H3,(H,19,21)/t11-,12-/m1/s1. The number of hydrogen-bond donors (Lipinski definition) is 1. The Morgan fingerprint density at radius 2 is 2.09 bits per heavy atom. The van der Waals surface area contributed by atoms with Gasteiger partial charge in [-0.25, -0.2) is 4.39 Å². The summed E-state index contributed by atoms with van der Waals surface area (Å²) in [4.78, 5) is 14.5. The minimum Gasteiger partial charge on any atom is -0.480 e. The highest BCUT2D eigenvalue weighted by Crippen LogP contribution is 2.26. The highest BCUT2D eigenvalue weighted by molar-refractivity contribution is 9.10.